The number of unbranched alkanes of at least 4 members (excludes halogenated alkanes) is 12. The summed E-state index contributed by atoms with van der Waals surface area (Å²) in [5.41, 5.74) is 16.5. The molecular weight excluding hydrogens is 1610 g/mol. The quantitative estimate of drug-likeness (QED) is 0.00842. The second-order valence-corrected chi connectivity index (χ2v) is 34.1. The van der Waals surface area contributed by atoms with Gasteiger partial charge in [0.15, 0.2) is 49.3 Å². The van der Waals surface area contributed by atoms with Crippen LogP contribution in [0.2, 0.25) is 0 Å². The van der Waals surface area contributed by atoms with E-state index in [1.807, 2.05) is 27.7 Å². The molecule has 2 N–H and O–H groups in total. The maximum atomic E-state index is 12.4. The van der Waals surface area contributed by atoms with Crippen LogP contribution in [0.5, 0.6) is 46.0 Å². The molecule has 0 aromatic heterocycles. The summed E-state index contributed by atoms with van der Waals surface area (Å²) in [5, 5.41) is 21.1. The van der Waals surface area contributed by atoms with E-state index < -0.39 is 0 Å². The van der Waals surface area contributed by atoms with Crippen molar-refractivity contribution in [2.24, 2.45) is 0 Å². The van der Waals surface area contributed by atoms with Gasteiger partial charge in [0.1, 0.15) is 34.5 Å². The van der Waals surface area contributed by atoms with Crippen molar-refractivity contribution in [2.75, 3.05) is 71.7 Å². The van der Waals surface area contributed by atoms with Crippen LogP contribution >= 0.6 is 15.9 Å². The van der Waals surface area contributed by atoms with Crippen LogP contribution in [0.15, 0.2) is 28.4 Å². The van der Waals surface area contributed by atoms with Gasteiger partial charge in [0.05, 0.1) is 66.3 Å². The number of benzene rings is 4. The summed E-state index contributed by atoms with van der Waals surface area (Å²) in [5.74, 6) is 5.98. The molecule has 16 nitrogen and oxygen atoms in total. The third kappa shape index (κ3) is 34.7. The van der Waals surface area contributed by atoms with Gasteiger partial charge in [-0.25, -0.2) is 0 Å². The van der Waals surface area contributed by atoms with Gasteiger partial charge in [0.2, 0.25) is 0 Å². The summed E-state index contributed by atoms with van der Waals surface area (Å²) in [7, 11) is 0. The average Bonchev–Trinajstić information content (AvgIpc) is 0.782. The van der Waals surface area contributed by atoms with Gasteiger partial charge in [-0.3, -0.25) is 27.2 Å². The van der Waals surface area contributed by atoms with Crippen molar-refractivity contribution in [2.45, 2.75) is 379 Å². The Labute approximate surface area is 745 Å². The van der Waals surface area contributed by atoms with E-state index in [2.05, 4.69) is 83.5 Å². The minimum Gasteiger partial charge on any atom is -0.525 e. The molecule has 0 spiro atoms. The topological polar surface area (TPSA) is 185 Å². The Hall–Kier alpha value is -5.34. The average molecular weight is 1760 g/mol. The molecular formula is C99H150BrF4LiO16. The van der Waals surface area contributed by atoms with Crippen molar-refractivity contribution in [1.29, 1.82) is 0 Å². The fourth-order valence-corrected chi connectivity index (χ4v) is 16.1. The number of phenols is 2. The molecule has 4 aromatic rings. The molecule has 22 heteroatoms. The normalized spacial score (nSPS) is 19.8. The number of halogens is 5. The Morgan fingerprint density at radius 1 is 0.347 bits per heavy atom. The molecule has 6 atom stereocenters. The Morgan fingerprint density at radius 2 is 0.694 bits per heavy atom. The SMILES string of the molecule is CC1=C(C)C(=O)C(CCCCCCF)=C(C)C1=O.Cc1[c-]c(OC2CCCCO2)c(C)c(C)c1OC1CCCCO1.Cc1c(C)c(O)c(CCCCCCF)c(C)c1O.Cc1c(C)c(OC2CCCCO2)c(CCCCCCF)c(C)c1OC1CCCCO1.Cc1cc(OC2CCCCO2)c(C)c(C)c1OC1CCCCO1.FCCCCCCBr.[Li+]. The molecule has 0 saturated carbocycles. The maximum absolute atomic E-state index is 12.4. The Balaban J connectivity index is 0.000000265. The maximum Gasteiger partial charge on any atom is 1.00 e. The van der Waals surface area contributed by atoms with Crippen LogP contribution in [-0.2, 0) is 50.9 Å². The van der Waals surface area contributed by atoms with E-state index in [0.717, 1.165) is 344 Å². The summed E-state index contributed by atoms with van der Waals surface area (Å²) < 4.78 is 119. The molecule has 7 aliphatic rings. The van der Waals surface area contributed by atoms with Gasteiger partial charge in [-0.1, -0.05) is 88.1 Å². The van der Waals surface area contributed by atoms with E-state index in [1.54, 1.807) is 20.8 Å². The predicted molar refractivity (Wildman–Crippen MR) is 475 cm³/mol. The largest absolute Gasteiger partial charge is 1.00 e. The monoisotopic (exact) mass is 1760 g/mol. The van der Waals surface area contributed by atoms with Crippen molar-refractivity contribution < 1.29 is 113 Å². The van der Waals surface area contributed by atoms with Crippen molar-refractivity contribution in [3.63, 3.8) is 0 Å². The molecule has 0 amide bonds. The first-order chi connectivity index (χ1) is 57.8. The summed E-state index contributed by atoms with van der Waals surface area (Å²) in [4.78, 5) is 24.0. The van der Waals surface area contributed by atoms with Crippen LogP contribution in [0, 0.1) is 89.2 Å². The second kappa shape index (κ2) is 58.8. The van der Waals surface area contributed by atoms with Gasteiger partial charge in [-0.15, -0.1) is 22.8 Å². The van der Waals surface area contributed by atoms with Crippen molar-refractivity contribution in [1.82, 2.24) is 0 Å². The molecule has 6 heterocycles. The molecule has 6 fully saturated rings. The predicted octanol–water partition coefficient (Wildman–Crippen LogP) is 22.9. The van der Waals surface area contributed by atoms with Gasteiger partial charge in [0, 0.05) is 88.8 Å². The standard InChI is InChI=1S/C25H39FO4.C19H28O4.C19H27O4.C15H23FO2.C15H21FO2.C6H12BrF.Li/c1-18-19(2)25(30-23-14-8-11-17-28-23)21(12-6-4-5-9-15-26)20(3)24(18)29-22-13-7-10-16-27-22;2*1-13-12-16(22-17-8-4-6-10-20-17)14(2)15(3)19(13)23-18-9-5-7-11-21-18;2*1-10-11(2)15(18)13(12(3)14(10)17)8-6-4-5-7-9-16;7-5-3-1-2-4-6-8;/h22-23H,4-17H2,1-3H3;12,17-18H,4-11H2,1-3H3;17-18H,4-11H2,1-3H3;17-18H,4-9H2,1-3H3;4-9H2,1-3H3;1-6H2;/q;;-1;;;;+1. The Kier molecular flexibility index (Phi) is 51.6. The number of alkyl halides is 5. The fraction of sp³-hybridized carbons (Fsp3) is 0.697. The van der Waals surface area contributed by atoms with Crippen molar-refractivity contribution in [3.8, 4) is 46.0 Å². The number of hydrogen-bond acceptors (Lipinski definition) is 16. The van der Waals surface area contributed by atoms with Crippen molar-refractivity contribution >= 4 is 27.5 Å². The first kappa shape index (κ1) is 106. The van der Waals surface area contributed by atoms with Gasteiger partial charge in [-0.2, -0.15) is 0 Å². The number of phenolic OH excluding ortho intramolecular Hbond substituents is 2. The second-order valence-electron chi connectivity index (χ2n) is 33.3. The number of ketones is 2. The van der Waals surface area contributed by atoms with E-state index in [1.165, 1.54) is 24.8 Å². The smallest absolute Gasteiger partial charge is 0.525 e. The van der Waals surface area contributed by atoms with Gasteiger partial charge in [-0.05, 0) is 287 Å². The molecule has 0 bridgehead atoms. The summed E-state index contributed by atoms with van der Waals surface area (Å²) in [6.07, 6.45) is 35.1. The molecule has 678 valence electrons. The summed E-state index contributed by atoms with van der Waals surface area (Å²) in [6.45, 7) is 33.1. The number of aromatic hydroxyl groups is 2. The van der Waals surface area contributed by atoms with E-state index in [9.17, 15) is 37.4 Å². The molecule has 0 radical (unpaired) electrons. The van der Waals surface area contributed by atoms with E-state index >= 15 is 0 Å². The van der Waals surface area contributed by atoms with Gasteiger partial charge in [0.25, 0.3) is 0 Å². The number of Topliss-reactive ketones (excluding diaryl/α,β-unsaturated/α-hetero) is 2. The van der Waals surface area contributed by atoms with Crippen LogP contribution in [0.4, 0.5) is 17.6 Å². The number of aryl methyl sites for hydroxylation is 2. The third-order valence-corrected chi connectivity index (χ3v) is 24.7. The van der Waals surface area contributed by atoms with Crippen LogP contribution in [-0.4, -0.2) is 131 Å². The number of hydrogen-bond donors (Lipinski definition) is 2. The minimum absolute atomic E-state index is 0. The molecule has 4 aromatic carbocycles. The van der Waals surface area contributed by atoms with Gasteiger partial charge < -0.3 is 67.1 Å². The summed E-state index contributed by atoms with van der Waals surface area (Å²) >= 11 is 3.31. The molecule has 121 heavy (non-hydrogen) atoms. The summed E-state index contributed by atoms with van der Waals surface area (Å²) in [6, 6.07) is 5.41. The van der Waals surface area contributed by atoms with Crippen LogP contribution < -0.4 is 47.3 Å². The third-order valence-electron chi connectivity index (χ3n) is 24.1. The number of ether oxygens (including phenoxy) is 12. The molecule has 6 aliphatic heterocycles. The van der Waals surface area contributed by atoms with E-state index in [-0.39, 0.29) is 101 Å². The Bertz CT molecular complexity index is 3640. The number of rotatable bonds is 35. The minimum atomic E-state index is -0.278. The fourth-order valence-electron chi connectivity index (χ4n) is 15.7. The first-order valence-electron chi connectivity index (χ1n) is 45.6. The zero-order chi connectivity index (χ0) is 87.5. The zero-order valence-corrected chi connectivity index (χ0v) is 78.6. The van der Waals surface area contributed by atoms with Crippen LogP contribution in [0.3, 0.4) is 0 Å². The number of carbonyl (C=O) groups is 2. The molecule has 1 aliphatic carbocycles. The van der Waals surface area contributed by atoms with Crippen molar-refractivity contribution in [3.05, 3.63) is 112 Å². The number of allylic oxidation sites excluding steroid dienone is 4. The number of carbonyl (C=O) groups excluding carboxylic acids is 2. The first-order valence-corrected chi connectivity index (χ1v) is 46.7. The molecule has 11 rings (SSSR count). The van der Waals surface area contributed by atoms with Gasteiger partial charge >= 0.3 is 18.9 Å². The molecule has 6 unspecified atom stereocenters. The Morgan fingerprint density at radius 3 is 1.12 bits per heavy atom. The van der Waals surface area contributed by atoms with E-state index in [4.69, 9.17) is 56.8 Å². The van der Waals surface area contributed by atoms with E-state index in [0.29, 0.717) is 53.7 Å². The van der Waals surface area contributed by atoms with Crippen LogP contribution in [0.25, 0.3) is 0 Å². The van der Waals surface area contributed by atoms with Crippen LogP contribution in [0.1, 0.15) is 323 Å². The zero-order valence-electron chi connectivity index (χ0n) is 77.0. The molecule has 6 saturated heterocycles.